The highest BCUT2D eigenvalue weighted by molar-refractivity contribution is 6.02. The Kier molecular flexibility index (Phi) is 5.96. The molecule has 0 saturated heterocycles. The summed E-state index contributed by atoms with van der Waals surface area (Å²) in [5.41, 5.74) is 6.31. The van der Waals surface area contributed by atoms with Crippen molar-refractivity contribution in [2.45, 2.75) is 46.1 Å². The van der Waals surface area contributed by atoms with Crippen molar-refractivity contribution in [3.8, 4) is 11.3 Å². The zero-order chi connectivity index (χ0) is 25.4. The highest BCUT2D eigenvalue weighted by Crippen LogP contribution is 2.34. The van der Waals surface area contributed by atoms with E-state index >= 15 is 0 Å². The number of aromatic nitrogens is 3. The minimum atomic E-state index is -0.581. The Balaban J connectivity index is 1.55. The van der Waals surface area contributed by atoms with Crippen molar-refractivity contribution in [1.82, 2.24) is 14.4 Å². The molecule has 0 fully saturated rings. The molecule has 0 aliphatic heterocycles. The zero-order valence-electron chi connectivity index (χ0n) is 21.0. The van der Waals surface area contributed by atoms with Crippen LogP contribution in [0.3, 0.4) is 0 Å². The number of hydrogen-bond acceptors (Lipinski definition) is 6. The Morgan fingerprint density at radius 1 is 1.19 bits per heavy atom. The van der Waals surface area contributed by atoms with Gasteiger partial charge in [-0.2, -0.15) is 0 Å². The number of aryl methyl sites for hydroxylation is 1. The summed E-state index contributed by atoms with van der Waals surface area (Å²) in [5.74, 6) is 0.804. The lowest BCUT2D eigenvalue weighted by Gasteiger charge is -2.26. The van der Waals surface area contributed by atoms with E-state index in [9.17, 15) is 4.79 Å². The standard InChI is InChI=1S/C28H30N6O2/c1-5-33(27(35)36-28(2,3)4)21-8-6-7-19(16-21)25-26(34-14-13-30-17-24(34)32-25)31-20-10-11-22-18(15-20)9-12-23(22)29/h6-8,10-11,13-17,29,31H,5,9,12H2,1-4H3. The molecule has 0 unspecified atom stereocenters. The quantitative estimate of drug-likeness (QED) is 0.352. The van der Waals surface area contributed by atoms with Crippen molar-refractivity contribution in [3.05, 3.63) is 72.2 Å². The van der Waals surface area contributed by atoms with Crippen molar-refractivity contribution in [2.24, 2.45) is 0 Å². The van der Waals surface area contributed by atoms with Gasteiger partial charge < -0.3 is 15.5 Å². The maximum atomic E-state index is 12.9. The van der Waals surface area contributed by atoms with Gasteiger partial charge in [-0.3, -0.25) is 14.3 Å². The molecule has 2 aromatic heterocycles. The van der Waals surface area contributed by atoms with Crippen LogP contribution in [0.15, 0.2) is 61.1 Å². The molecular formula is C28H30N6O2. The van der Waals surface area contributed by atoms with Crippen LogP contribution in [0.2, 0.25) is 0 Å². The fourth-order valence-electron chi connectivity index (χ4n) is 4.49. The van der Waals surface area contributed by atoms with Gasteiger partial charge in [0, 0.05) is 41.6 Å². The van der Waals surface area contributed by atoms with Crippen LogP contribution in [0.25, 0.3) is 16.9 Å². The van der Waals surface area contributed by atoms with Gasteiger partial charge in [0.2, 0.25) is 0 Å². The molecule has 184 valence electrons. The Labute approximate surface area is 210 Å². The Hall–Kier alpha value is -4.20. The van der Waals surface area contributed by atoms with E-state index in [0.29, 0.717) is 17.9 Å². The second kappa shape index (κ2) is 9.11. The number of nitrogens with zero attached hydrogens (tertiary/aromatic N) is 4. The molecule has 1 aliphatic carbocycles. The number of carbonyl (C=O) groups is 1. The highest BCUT2D eigenvalue weighted by Gasteiger charge is 2.24. The number of rotatable bonds is 5. The van der Waals surface area contributed by atoms with Crippen LogP contribution in [0, 0.1) is 5.41 Å². The molecule has 36 heavy (non-hydrogen) atoms. The smallest absolute Gasteiger partial charge is 0.414 e. The first-order valence-electron chi connectivity index (χ1n) is 12.1. The third-order valence-electron chi connectivity index (χ3n) is 6.13. The summed E-state index contributed by atoms with van der Waals surface area (Å²) >= 11 is 0. The molecule has 0 spiro atoms. The van der Waals surface area contributed by atoms with Crippen LogP contribution in [0.1, 0.15) is 45.2 Å². The summed E-state index contributed by atoms with van der Waals surface area (Å²) in [6, 6.07) is 13.9. The molecule has 2 aromatic carbocycles. The van der Waals surface area contributed by atoms with Crippen molar-refractivity contribution < 1.29 is 9.53 Å². The Bertz CT molecular complexity index is 1470. The number of ether oxygens (including phenoxy) is 1. The normalized spacial score (nSPS) is 13.1. The number of carbonyl (C=O) groups excluding carboxylic acids is 1. The molecule has 0 bridgehead atoms. The average molecular weight is 483 g/mol. The lowest BCUT2D eigenvalue weighted by Crippen LogP contribution is -2.36. The monoisotopic (exact) mass is 482 g/mol. The van der Waals surface area contributed by atoms with Gasteiger partial charge in [0.15, 0.2) is 5.65 Å². The number of amides is 1. The van der Waals surface area contributed by atoms with Gasteiger partial charge in [0.05, 0.1) is 6.20 Å². The summed E-state index contributed by atoms with van der Waals surface area (Å²) in [6.45, 7) is 7.98. The first-order chi connectivity index (χ1) is 17.2. The summed E-state index contributed by atoms with van der Waals surface area (Å²) in [6.07, 6.45) is 6.60. The predicted octanol–water partition coefficient (Wildman–Crippen LogP) is 6.22. The topological polar surface area (TPSA) is 95.6 Å². The molecule has 0 saturated carbocycles. The van der Waals surface area contributed by atoms with Gasteiger partial charge >= 0.3 is 6.09 Å². The van der Waals surface area contributed by atoms with Crippen LogP contribution in [0.4, 0.5) is 22.0 Å². The lowest BCUT2D eigenvalue weighted by atomic mass is 10.1. The third-order valence-corrected chi connectivity index (χ3v) is 6.13. The molecule has 1 aliphatic rings. The second-order valence-corrected chi connectivity index (χ2v) is 9.86. The Morgan fingerprint density at radius 2 is 2.03 bits per heavy atom. The fraction of sp³-hybridized carbons (Fsp3) is 0.286. The number of imidazole rings is 1. The van der Waals surface area contributed by atoms with Crippen LogP contribution in [-0.2, 0) is 11.2 Å². The van der Waals surface area contributed by atoms with E-state index in [0.717, 1.165) is 46.9 Å². The van der Waals surface area contributed by atoms with E-state index in [4.69, 9.17) is 15.1 Å². The molecule has 0 radical (unpaired) electrons. The molecule has 2 heterocycles. The van der Waals surface area contributed by atoms with Crippen LogP contribution in [-0.4, -0.2) is 38.3 Å². The molecule has 0 atom stereocenters. The predicted molar refractivity (Wildman–Crippen MR) is 143 cm³/mol. The second-order valence-electron chi connectivity index (χ2n) is 9.86. The molecule has 2 N–H and O–H groups in total. The summed E-state index contributed by atoms with van der Waals surface area (Å²) in [7, 11) is 0. The van der Waals surface area contributed by atoms with Gasteiger partial charge in [-0.15, -0.1) is 0 Å². The summed E-state index contributed by atoms with van der Waals surface area (Å²) < 4.78 is 7.59. The van der Waals surface area contributed by atoms with Crippen molar-refractivity contribution in [2.75, 3.05) is 16.8 Å². The number of fused-ring (bicyclic) bond motifs is 2. The maximum Gasteiger partial charge on any atom is 0.414 e. The van der Waals surface area contributed by atoms with Gasteiger partial charge in [-0.25, -0.2) is 9.78 Å². The van der Waals surface area contributed by atoms with E-state index < -0.39 is 5.60 Å². The first-order valence-corrected chi connectivity index (χ1v) is 12.1. The van der Waals surface area contributed by atoms with E-state index in [-0.39, 0.29) is 6.09 Å². The molecule has 8 heteroatoms. The minimum absolute atomic E-state index is 0.386. The number of benzene rings is 2. The third kappa shape index (κ3) is 4.54. The molecule has 4 aromatic rings. The number of nitrogens with one attached hydrogen (secondary N) is 2. The highest BCUT2D eigenvalue weighted by atomic mass is 16.6. The minimum Gasteiger partial charge on any atom is -0.443 e. The van der Waals surface area contributed by atoms with E-state index in [1.165, 1.54) is 5.56 Å². The Morgan fingerprint density at radius 3 is 2.81 bits per heavy atom. The van der Waals surface area contributed by atoms with Gasteiger partial charge in [-0.05, 0) is 75.9 Å². The maximum absolute atomic E-state index is 12.9. The van der Waals surface area contributed by atoms with Gasteiger partial charge in [0.25, 0.3) is 0 Å². The number of anilines is 3. The van der Waals surface area contributed by atoms with E-state index in [1.54, 1.807) is 17.3 Å². The molecule has 1 amide bonds. The average Bonchev–Trinajstić information content (AvgIpc) is 3.39. The van der Waals surface area contributed by atoms with Crippen molar-refractivity contribution in [3.63, 3.8) is 0 Å². The molecule has 5 rings (SSSR count). The SMILES string of the molecule is CCN(C(=O)OC(C)(C)C)c1cccc(-c2nc3cnccn3c2Nc2ccc3c(c2)CCC3=N)c1. The largest absolute Gasteiger partial charge is 0.443 e. The number of hydrogen-bond donors (Lipinski definition) is 2. The molecular weight excluding hydrogens is 452 g/mol. The zero-order valence-corrected chi connectivity index (χ0v) is 21.0. The van der Waals surface area contributed by atoms with E-state index in [1.807, 2.05) is 74.7 Å². The van der Waals surface area contributed by atoms with Gasteiger partial charge in [0.1, 0.15) is 17.1 Å². The van der Waals surface area contributed by atoms with Crippen LogP contribution in [0.5, 0.6) is 0 Å². The summed E-state index contributed by atoms with van der Waals surface area (Å²) in [4.78, 5) is 23.6. The molecule has 8 nitrogen and oxygen atoms in total. The van der Waals surface area contributed by atoms with Crippen molar-refractivity contribution >= 4 is 34.6 Å². The van der Waals surface area contributed by atoms with E-state index in [2.05, 4.69) is 16.4 Å². The fourth-order valence-corrected chi connectivity index (χ4v) is 4.49. The van der Waals surface area contributed by atoms with Crippen LogP contribution < -0.4 is 10.2 Å². The first kappa shape index (κ1) is 23.5. The van der Waals surface area contributed by atoms with Crippen molar-refractivity contribution in [1.29, 1.82) is 5.41 Å². The van der Waals surface area contributed by atoms with Gasteiger partial charge in [-0.1, -0.05) is 18.2 Å². The lowest BCUT2D eigenvalue weighted by molar-refractivity contribution is 0.0582. The summed E-state index contributed by atoms with van der Waals surface area (Å²) in [5, 5.41) is 11.7. The van der Waals surface area contributed by atoms with Crippen LogP contribution >= 0.6 is 0 Å².